The zero-order chi connectivity index (χ0) is 14.1. The van der Waals surface area contributed by atoms with Crippen molar-refractivity contribution in [2.24, 2.45) is 0 Å². The molecule has 7 heteroatoms. The zero-order valence-electron chi connectivity index (χ0n) is 10.5. The Kier molecular flexibility index (Phi) is 3.19. The molecule has 3 rings (SSSR count). The number of rotatable bonds is 4. The van der Waals surface area contributed by atoms with Gasteiger partial charge in [-0.05, 0) is 25.1 Å². The molecular formula is C13H10N2O4S. The number of aliphatic carboxylic acids is 1. The SMILES string of the molecule is Cc1ccc2oc(-c3nnc(SCC(=O)O)o3)cc2c1. The second-order valence-corrected chi connectivity index (χ2v) is 5.13. The van der Waals surface area contributed by atoms with Gasteiger partial charge in [-0.2, -0.15) is 0 Å². The fourth-order valence-electron chi connectivity index (χ4n) is 1.76. The molecule has 1 N–H and O–H groups in total. The fourth-order valence-corrected chi connectivity index (χ4v) is 2.24. The summed E-state index contributed by atoms with van der Waals surface area (Å²) in [5.74, 6) is -0.345. The summed E-state index contributed by atoms with van der Waals surface area (Å²) in [6, 6.07) is 7.66. The molecule has 0 amide bonds. The van der Waals surface area contributed by atoms with E-state index in [2.05, 4.69) is 10.2 Å². The average Bonchev–Trinajstić information content (AvgIpc) is 3.01. The van der Waals surface area contributed by atoms with Gasteiger partial charge in [0.15, 0.2) is 5.76 Å². The molecule has 0 unspecified atom stereocenters. The van der Waals surface area contributed by atoms with Crippen LogP contribution in [0.3, 0.4) is 0 Å². The minimum absolute atomic E-state index is 0.124. The molecule has 1 aromatic carbocycles. The van der Waals surface area contributed by atoms with Crippen molar-refractivity contribution < 1.29 is 18.7 Å². The van der Waals surface area contributed by atoms with E-state index in [4.69, 9.17) is 13.9 Å². The summed E-state index contributed by atoms with van der Waals surface area (Å²) in [5, 5.41) is 17.4. The van der Waals surface area contributed by atoms with Crippen LogP contribution in [0.2, 0.25) is 0 Å². The van der Waals surface area contributed by atoms with Crippen molar-refractivity contribution in [1.29, 1.82) is 0 Å². The number of carboxylic acid groups (broad SMARTS) is 1. The lowest BCUT2D eigenvalue weighted by molar-refractivity contribution is -0.133. The second kappa shape index (κ2) is 5.01. The molecule has 0 atom stereocenters. The molecular weight excluding hydrogens is 280 g/mol. The van der Waals surface area contributed by atoms with E-state index in [0.29, 0.717) is 5.76 Å². The molecule has 0 aliphatic carbocycles. The molecule has 0 aliphatic rings. The number of aryl methyl sites for hydroxylation is 1. The van der Waals surface area contributed by atoms with Crippen LogP contribution in [0.5, 0.6) is 0 Å². The highest BCUT2D eigenvalue weighted by atomic mass is 32.2. The van der Waals surface area contributed by atoms with E-state index in [1.165, 1.54) is 0 Å². The number of carbonyl (C=O) groups is 1. The average molecular weight is 290 g/mol. The maximum absolute atomic E-state index is 10.5. The van der Waals surface area contributed by atoms with Gasteiger partial charge in [-0.15, -0.1) is 10.2 Å². The Morgan fingerprint density at radius 2 is 2.15 bits per heavy atom. The molecule has 0 aliphatic heterocycles. The summed E-state index contributed by atoms with van der Waals surface area (Å²) >= 11 is 0.972. The molecule has 0 saturated heterocycles. The summed E-state index contributed by atoms with van der Waals surface area (Å²) in [6.45, 7) is 2.00. The number of aromatic nitrogens is 2. The zero-order valence-corrected chi connectivity index (χ0v) is 11.3. The normalized spacial score (nSPS) is 11.1. The van der Waals surface area contributed by atoms with Crippen LogP contribution in [0.1, 0.15) is 5.56 Å². The molecule has 6 nitrogen and oxygen atoms in total. The van der Waals surface area contributed by atoms with Gasteiger partial charge in [0.05, 0.1) is 0 Å². The van der Waals surface area contributed by atoms with Crippen LogP contribution >= 0.6 is 11.8 Å². The molecule has 0 bridgehead atoms. The van der Waals surface area contributed by atoms with Gasteiger partial charge in [-0.3, -0.25) is 4.79 Å². The van der Waals surface area contributed by atoms with E-state index in [1.54, 1.807) is 0 Å². The Morgan fingerprint density at radius 1 is 1.30 bits per heavy atom. The van der Waals surface area contributed by atoms with Crippen LogP contribution in [-0.2, 0) is 4.79 Å². The largest absolute Gasteiger partial charge is 0.481 e. The Labute approximate surface area is 117 Å². The molecule has 2 aromatic heterocycles. The van der Waals surface area contributed by atoms with Crippen molar-refractivity contribution in [2.45, 2.75) is 12.1 Å². The monoisotopic (exact) mass is 290 g/mol. The van der Waals surface area contributed by atoms with Crippen molar-refractivity contribution in [1.82, 2.24) is 10.2 Å². The first-order valence-corrected chi connectivity index (χ1v) is 6.79. The third-order valence-electron chi connectivity index (χ3n) is 2.61. The number of nitrogens with zero attached hydrogens (tertiary/aromatic N) is 2. The van der Waals surface area contributed by atoms with Crippen LogP contribution in [0, 0.1) is 6.92 Å². The van der Waals surface area contributed by atoms with Crippen molar-refractivity contribution in [2.75, 3.05) is 5.75 Å². The van der Waals surface area contributed by atoms with Gasteiger partial charge < -0.3 is 13.9 Å². The Balaban J connectivity index is 1.89. The van der Waals surface area contributed by atoms with E-state index in [-0.39, 0.29) is 16.9 Å². The van der Waals surface area contributed by atoms with Gasteiger partial charge in [0, 0.05) is 5.39 Å². The number of carboxylic acids is 1. The van der Waals surface area contributed by atoms with Crippen molar-refractivity contribution in [3.63, 3.8) is 0 Å². The number of thioether (sulfide) groups is 1. The van der Waals surface area contributed by atoms with Crippen LogP contribution in [-0.4, -0.2) is 27.0 Å². The Hall–Kier alpha value is -2.28. The lowest BCUT2D eigenvalue weighted by Crippen LogP contribution is -1.97. The molecule has 0 saturated carbocycles. The van der Waals surface area contributed by atoms with Crippen LogP contribution in [0.15, 0.2) is 38.3 Å². The van der Waals surface area contributed by atoms with Crippen molar-refractivity contribution in [3.8, 4) is 11.7 Å². The molecule has 20 heavy (non-hydrogen) atoms. The number of benzene rings is 1. The topological polar surface area (TPSA) is 89.4 Å². The molecule has 0 fully saturated rings. The Morgan fingerprint density at radius 3 is 2.95 bits per heavy atom. The molecule has 0 radical (unpaired) electrons. The summed E-state index contributed by atoms with van der Waals surface area (Å²) in [6.07, 6.45) is 0. The standard InChI is InChI=1S/C13H10N2O4S/c1-7-2-3-9-8(4-7)5-10(18-9)12-14-15-13(19-12)20-6-11(16)17/h2-5H,6H2,1H3,(H,16,17). The highest BCUT2D eigenvalue weighted by molar-refractivity contribution is 7.99. The first kappa shape index (κ1) is 12.7. The Bertz CT molecular complexity index is 778. The van der Waals surface area contributed by atoms with E-state index in [9.17, 15) is 4.79 Å². The van der Waals surface area contributed by atoms with Gasteiger partial charge in [0.1, 0.15) is 11.3 Å². The van der Waals surface area contributed by atoms with E-state index < -0.39 is 5.97 Å². The lowest BCUT2D eigenvalue weighted by Gasteiger charge is -1.89. The van der Waals surface area contributed by atoms with E-state index in [0.717, 1.165) is 28.3 Å². The third kappa shape index (κ3) is 2.53. The van der Waals surface area contributed by atoms with Crippen LogP contribution in [0.4, 0.5) is 0 Å². The van der Waals surface area contributed by atoms with Gasteiger partial charge in [-0.1, -0.05) is 23.4 Å². The molecule has 2 heterocycles. The first-order valence-electron chi connectivity index (χ1n) is 5.80. The van der Waals surface area contributed by atoms with E-state index >= 15 is 0 Å². The minimum Gasteiger partial charge on any atom is -0.481 e. The number of furan rings is 1. The van der Waals surface area contributed by atoms with Crippen molar-refractivity contribution >= 4 is 28.7 Å². The number of fused-ring (bicyclic) bond motifs is 1. The smallest absolute Gasteiger partial charge is 0.314 e. The van der Waals surface area contributed by atoms with Gasteiger partial charge >= 0.3 is 5.97 Å². The quantitative estimate of drug-likeness (QED) is 0.739. The van der Waals surface area contributed by atoms with Gasteiger partial charge in [0.25, 0.3) is 11.1 Å². The second-order valence-electron chi connectivity index (χ2n) is 4.21. The van der Waals surface area contributed by atoms with Gasteiger partial charge in [0.2, 0.25) is 0 Å². The predicted molar refractivity (Wildman–Crippen MR) is 72.6 cm³/mol. The summed E-state index contributed by atoms with van der Waals surface area (Å²) in [4.78, 5) is 10.5. The molecule has 102 valence electrons. The highest BCUT2D eigenvalue weighted by Gasteiger charge is 2.14. The number of hydrogen-bond acceptors (Lipinski definition) is 6. The van der Waals surface area contributed by atoms with E-state index in [1.807, 2.05) is 31.2 Å². The highest BCUT2D eigenvalue weighted by Crippen LogP contribution is 2.29. The predicted octanol–water partition coefficient (Wildman–Crippen LogP) is 2.97. The van der Waals surface area contributed by atoms with Crippen LogP contribution in [0.25, 0.3) is 22.6 Å². The maximum atomic E-state index is 10.5. The molecule has 0 spiro atoms. The number of hydrogen-bond donors (Lipinski definition) is 1. The summed E-state index contributed by atoms with van der Waals surface area (Å²) in [7, 11) is 0. The van der Waals surface area contributed by atoms with Crippen LogP contribution < -0.4 is 0 Å². The minimum atomic E-state index is -0.936. The molecule has 3 aromatic rings. The maximum Gasteiger partial charge on any atom is 0.314 e. The third-order valence-corrected chi connectivity index (χ3v) is 3.41. The fraction of sp³-hybridized carbons (Fsp3) is 0.154. The van der Waals surface area contributed by atoms with Crippen molar-refractivity contribution in [3.05, 3.63) is 29.8 Å². The van der Waals surface area contributed by atoms with Gasteiger partial charge in [-0.25, -0.2) is 0 Å². The summed E-state index contributed by atoms with van der Waals surface area (Å²) in [5.41, 5.74) is 1.87. The summed E-state index contributed by atoms with van der Waals surface area (Å²) < 4.78 is 11.0. The first-order chi connectivity index (χ1) is 9.61. The lowest BCUT2D eigenvalue weighted by atomic mass is 10.2.